The van der Waals surface area contributed by atoms with Crippen LogP contribution in [0.2, 0.25) is 5.02 Å². The molecule has 7 nitrogen and oxygen atoms in total. The topological polar surface area (TPSA) is 81.0 Å². The van der Waals surface area contributed by atoms with Crippen molar-refractivity contribution in [2.75, 3.05) is 13.2 Å². The summed E-state index contributed by atoms with van der Waals surface area (Å²) in [4.78, 5) is 27.9. The molecule has 1 aliphatic rings. The third-order valence-corrected chi connectivity index (χ3v) is 8.91. The summed E-state index contributed by atoms with van der Waals surface area (Å²) < 4.78 is 14.1. The molecule has 43 heavy (non-hydrogen) atoms. The highest BCUT2D eigenvalue weighted by molar-refractivity contribution is 8.00. The zero-order chi connectivity index (χ0) is 31.7. The summed E-state index contributed by atoms with van der Waals surface area (Å²) in [5.74, 6) is -0.121. The van der Waals surface area contributed by atoms with Gasteiger partial charge in [0, 0.05) is 50.8 Å². The molecule has 1 fully saturated rings. The maximum absolute atomic E-state index is 12.8. The maximum Gasteiger partial charge on any atom is 0.410 e. The molecule has 3 aromatic rings. The number of hydrogen-bond donors (Lipinski definition) is 1. The van der Waals surface area contributed by atoms with Gasteiger partial charge in [0.05, 0.1) is 11.5 Å². The van der Waals surface area contributed by atoms with Crippen LogP contribution in [0.3, 0.4) is 0 Å². The first-order valence-corrected chi connectivity index (χ1v) is 16.1. The van der Waals surface area contributed by atoms with Crippen LogP contribution in [0.5, 0.6) is 5.75 Å². The van der Waals surface area contributed by atoms with Gasteiger partial charge < -0.3 is 24.0 Å². The second kappa shape index (κ2) is 12.6. The number of halogens is 1. The molecule has 9 heteroatoms. The molecular weight excluding hydrogens is 584 g/mol. The van der Waals surface area contributed by atoms with Crippen LogP contribution in [0.15, 0.2) is 47.4 Å². The van der Waals surface area contributed by atoms with E-state index < -0.39 is 17.0 Å². The molecule has 0 bridgehead atoms. The number of hydrogen-bond acceptors (Lipinski definition) is 5. The zero-order valence-corrected chi connectivity index (χ0v) is 28.2. The molecule has 1 atom stereocenters. The Bertz CT molecular complexity index is 1470. The molecule has 0 saturated carbocycles. The molecule has 2 aromatic carbocycles. The highest BCUT2D eigenvalue weighted by Crippen LogP contribution is 2.44. The highest BCUT2D eigenvalue weighted by atomic mass is 35.5. The number of carbonyl (C=O) groups is 2. The van der Waals surface area contributed by atoms with Gasteiger partial charge in [0.15, 0.2) is 0 Å². The third-order valence-electron chi connectivity index (χ3n) is 7.39. The Kier molecular flexibility index (Phi) is 9.72. The van der Waals surface area contributed by atoms with Crippen molar-refractivity contribution in [3.05, 3.63) is 58.7 Å². The number of ether oxygens (including phenoxy) is 2. The predicted octanol–water partition coefficient (Wildman–Crippen LogP) is 8.67. The molecule has 0 unspecified atom stereocenters. The van der Waals surface area contributed by atoms with Crippen molar-refractivity contribution >= 4 is 46.3 Å². The van der Waals surface area contributed by atoms with Gasteiger partial charge in [0.2, 0.25) is 0 Å². The first-order valence-electron chi connectivity index (χ1n) is 14.9. The Morgan fingerprint density at radius 3 is 2.30 bits per heavy atom. The van der Waals surface area contributed by atoms with E-state index in [0.717, 1.165) is 39.9 Å². The fourth-order valence-corrected chi connectivity index (χ4v) is 6.56. The minimum atomic E-state index is -0.966. The smallest absolute Gasteiger partial charge is 0.410 e. The largest absolute Gasteiger partial charge is 0.491 e. The lowest BCUT2D eigenvalue weighted by Gasteiger charge is -2.28. The van der Waals surface area contributed by atoms with E-state index in [0.29, 0.717) is 36.9 Å². The lowest BCUT2D eigenvalue weighted by atomic mass is 9.88. The monoisotopic (exact) mass is 628 g/mol. The average molecular weight is 629 g/mol. The zero-order valence-electron chi connectivity index (χ0n) is 26.6. The number of fused-ring (bicyclic) bond motifs is 1. The Hall–Kier alpha value is -2.84. The normalized spacial score (nSPS) is 16.1. The van der Waals surface area contributed by atoms with Gasteiger partial charge in [-0.1, -0.05) is 44.5 Å². The molecule has 1 aliphatic heterocycles. The van der Waals surface area contributed by atoms with E-state index >= 15 is 0 Å². The molecule has 1 saturated heterocycles. The fraction of sp³-hybridized carbons (Fsp3) is 0.529. The van der Waals surface area contributed by atoms with Crippen LogP contribution in [0.25, 0.3) is 10.9 Å². The number of carboxylic acid groups (broad SMARTS) is 1. The standard InChI is InChI=1S/C34H45ClN2O5S/c1-32(2,3)42-31(40)36-17-9-10-24(36)21-41-25-15-16-27-26(18-25)29(43-33(4,5)6)28(19-34(7,8)30(38)39)37(27)20-22-11-13-23(35)14-12-22/h11-16,18,24H,9-10,17,19-21H2,1-8H3,(H,38,39)/t24-/m1/s1. The lowest BCUT2D eigenvalue weighted by molar-refractivity contribution is -0.146. The van der Waals surface area contributed by atoms with E-state index in [9.17, 15) is 14.7 Å². The fourth-order valence-electron chi connectivity index (χ4n) is 5.25. The van der Waals surface area contributed by atoms with Crippen molar-refractivity contribution in [1.82, 2.24) is 9.47 Å². The van der Waals surface area contributed by atoms with Gasteiger partial charge in [0.25, 0.3) is 0 Å². The van der Waals surface area contributed by atoms with Gasteiger partial charge in [-0.05, 0) is 83.4 Å². The summed E-state index contributed by atoms with van der Waals surface area (Å²) >= 11 is 7.92. The molecule has 4 rings (SSSR count). The number of amides is 1. The van der Waals surface area contributed by atoms with Crippen LogP contribution in [0.1, 0.15) is 79.5 Å². The molecule has 1 amide bonds. The molecule has 1 N–H and O–H groups in total. The van der Waals surface area contributed by atoms with Crippen molar-refractivity contribution in [3.8, 4) is 5.75 Å². The van der Waals surface area contributed by atoms with Gasteiger partial charge in [-0.2, -0.15) is 0 Å². The van der Waals surface area contributed by atoms with E-state index in [4.69, 9.17) is 21.1 Å². The number of carboxylic acids is 1. The van der Waals surface area contributed by atoms with Gasteiger partial charge in [-0.25, -0.2) is 4.79 Å². The lowest BCUT2D eigenvalue weighted by Crippen LogP contribution is -2.42. The number of aromatic nitrogens is 1. The van der Waals surface area contributed by atoms with Gasteiger partial charge in [-0.3, -0.25) is 4.79 Å². The quantitative estimate of drug-likeness (QED) is 0.239. The molecule has 2 heterocycles. The van der Waals surface area contributed by atoms with Crippen molar-refractivity contribution in [2.24, 2.45) is 5.41 Å². The third kappa shape index (κ3) is 8.42. The van der Waals surface area contributed by atoms with Gasteiger partial charge in [-0.15, -0.1) is 11.8 Å². The first-order chi connectivity index (χ1) is 19.9. The number of nitrogens with zero attached hydrogens (tertiary/aromatic N) is 2. The molecule has 1 aromatic heterocycles. The summed E-state index contributed by atoms with van der Waals surface area (Å²) in [5, 5.41) is 11.8. The van der Waals surface area contributed by atoms with Crippen LogP contribution < -0.4 is 4.74 Å². The van der Waals surface area contributed by atoms with Gasteiger partial charge >= 0.3 is 12.1 Å². The predicted molar refractivity (Wildman–Crippen MR) is 175 cm³/mol. The number of likely N-dealkylation sites (tertiary alicyclic amines) is 1. The Balaban J connectivity index is 1.73. The van der Waals surface area contributed by atoms with Crippen molar-refractivity contribution in [1.29, 1.82) is 0 Å². The van der Waals surface area contributed by atoms with Crippen molar-refractivity contribution < 1.29 is 24.2 Å². The van der Waals surface area contributed by atoms with E-state index in [2.05, 4.69) is 37.5 Å². The maximum atomic E-state index is 12.8. The number of thioether (sulfide) groups is 1. The minimum Gasteiger partial charge on any atom is -0.491 e. The Morgan fingerprint density at radius 1 is 1.02 bits per heavy atom. The van der Waals surface area contributed by atoms with Crippen LogP contribution in [0.4, 0.5) is 4.79 Å². The Morgan fingerprint density at radius 2 is 1.70 bits per heavy atom. The SMILES string of the molecule is CC(C)(C)OC(=O)N1CCC[C@@H]1COc1ccc2c(c1)c(SC(C)(C)C)c(CC(C)(C)C(=O)O)n2Cc1ccc(Cl)cc1. The van der Waals surface area contributed by atoms with E-state index in [1.54, 1.807) is 30.5 Å². The molecule has 0 radical (unpaired) electrons. The van der Waals surface area contributed by atoms with Crippen molar-refractivity contribution in [2.45, 2.75) is 102 Å². The summed E-state index contributed by atoms with van der Waals surface area (Å²) in [7, 11) is 0. The summed E-state index contributed by atoms with van der Waals surface area (Å²) in [5.41, 5.74) is 1.56. The molecular formula is C34H45ClN2O5S. The van der Waals surface area contributed by atoms with Crippen LogP contribution >= 0.6 is 23.4 Å². The second-order valence-electron chi connectivity index (χ2n) is 14.0. The van der Waals surface area contributed by atoms with Crippen LogP contribution in [-0.2, 0) is 22.5 Å². The molecule has 234 valence electrons. The van der Waals surface area contributed by atoms with Crippen LogP contribution in [-0.4, -0.2) is 56.2 Å². The van der Waals surface area contributed by atoms with E-state index in [-0.39, 0.29) is 16.9 Å². The van der Waals surface area contributed by atoms with Crippen LogP contribution in [0, 0.1) is 5.41 Å². The second-order valence-corrected chi connectivity index (χ2v) is 16.3. The summed E-state index contributed by atoms with van der Waals surface area (Å²) in [6.07, 6.45) is 1.84. The number of rotatable bonds is 9. The molecule has 0 aliphatic carbocycles. The van der Waals surface area contributed by atoms with E-state index in [1.807, 2.05) is 51.1 Å². The number of carbonyl (C=O) groups excluding carboxylic acids is 1. The highest BCUT2D eigenvalue weighted by Gasteiger charge is 2.34. The number of benzene rings is 2. The summed E-state index contributed by atoms with van der Waals surface area (Å²) in [6, 6.07) is 13.8. The average Bonchev–Trinajstić information content (AvgIpc) is 3.46. The van der Waals surface area contributed by atoms with Crippen molar-refractivity contribution in [3.63, 3.8) is 0 Å². The first kappa shape index (κ1) is 33.1. The summed E-state index contributed by atoms with van der Waals surface area (Å²) in [6.45, 7) is 17.3. The number of aliphatic carboxylic acids is 1. The minimum absolute atomic E-state index is 0.0598. The Labute approximate surface area is 264 Å². The van der Waals surface area contributed by atoms with Gasteiger partial charge in [0.1, 0.15) is 18.0 Å². The van der Waals surface area contributed by atoms with E-state index in [1.165, 1.54) is 0 Å². The molecule has 0 spiro atoms.